The largest absolute Gasteiger partial charge is 0.508 e. The third-order valence-corrected chi connectivity index (χ3v) is 19.0. The van der Waals surface area contributed by atoms with Gasteiger partial charge in [-0.3, -0.25) is 20.2 Å². The molecule has 0 spiro atoms. The molecule has 12 aromatic carbocycles. The second-order valence-corrected chi connectivity index (χ2v) is 28.5. The Kier molecular flexibility index (Phi) is 30.9. The van der Waals surface area contributed by atoms with Crippen molar-refractivity contribution in [3.05, 3.63) is 333 Å². The van der Waals surface area contributed by atoms with E-state index in [-0.39, 0.29) is 112 Å². The number of ether oxygens (including phenoxy) is 8. The highest BCUT2D eigenvalue weighted by molar-refractivity contribution is 9.10. The number of rotatable bonds is 26. The molecule has 0 unspecified atom stereocenters. The third-order valence-electron chi connectivity index (χ3n) is 15.7. The number of aromatic hydroxyl groups is 8. The van der Waals surface area contributed by atoms with Gasteiger partial charge >= 0.3 is 0 Å². The van der Waals surface area contributed by atoms with Gasteiger partial charge in [0.15, 0.2) is 0 Å². The van der Waals surface area contributed by atoms with E-state index in [4.69, 9.17) is 108 Å². The third kappa shape index (κ3) is 26.6. The molecule has 8 N–H and O–H groups in total. The van der Waals surface area contributed by atoms with Gasteiger partial charge in [-0.1, -0.05) is 138 Å². The quantitative estimate of drug-likeness (QED) is 0.0184. The van der Waals surface area contributed by atoms with Gasteiger partial charge in [-0.05, 0) is 181 Å². The molecule has 0 bridgehead atoms. The molecule has 580 valence electrons. The van der Waals surface area contributed by atoms with Crippen molar-refractivity contribution < 1.29 is 88.6 Å². The van der Waals surface area contributed by atoms with Crippen LogP contribution >= 0.6 is 101 Å². The van der Waals surface area contributed by atoms with Gasteiger partial charge in [-0.2, -0.15) is 0 Å². The zero-order valence-corrected chi connectivity index (χ0v) is 66.5. The monoisotopic (exact) mass is 1770 g/mol. The van der Waals surface area contributed by atoms with Crippen LogP contribution in [0, 0.1) is 34.1 Å². The van der Waals surface area contributed by atoms with Gasteiger partial charge in [0.05, 0.1) is 32.0 Å². The Balaban J connectivity index is 0.000000172. The molecule has 22 nitrogen and oxygen atoms in total. The van der Waals surface area contributed by atoms with Crippen molar-refractivity contribution in [3.63, 3.8) is 0 Å². The molecule has 0 aliphatic heterocycles. The van der Waals surface area contributed by atoms with Gasteiger partial charge in [0.2, 0.25) is 0 Å². The lowest BCUT2D eigenvalue weighted by Crippen LogP contribution is -2.00. The van der Waals surface area contributed by atoms with Crippen LogP contribution in [-0.4, -0.2) is 50.7 Å². The number of phenols is 8. The van der Waals surface area contributed by atoms with E-state index in [0.717, 1.165) is 54.5 Å². The summed E-state index contributed by atoms with van der Waals surface area (Å²) in [6.07, 6.45) is 0. The number of nitro groups is 2. The number of halogens is 8. The van der Waals surface area contributed by atoms with Crippen molar-refractivity contribution in [2.45, 2.75) is 66.7 Å². The average Bonchev–Trinajstić information content (AvgIpc) is 0.866. The second-order valence-electron chi connectivity index (χ2n) is 24.3. The highest BCUT2D eigenvalue weighted by Crippen LogP contribution is 2.37. The molecule has 12 aromatic rings. The lowest BCUT2D eigenvalue weighted by molar-refractivity contribution is -0.385. The summed E-state index contributed by atoms with van der Waals surface area (Å²) in [5, 5.41) is 101. The topological polar surface area (TPSA) is 322 Å². The standard InChI is InChI=1S/C22H21ClO4.C20H15Br2ClO4.C20H15Cl3O4.C20H15ClN2O8/c1-14-3-5-19(24)7-16(14)12-26-21-9-18(23)10-22(11-21)27-13-17-8-20(25)6-4-15(17)2;21-19-3-1-15(24)5-12(19)10-26-17-7-14(23)8-18(9-17)27-11-13-6-16(25)2-4-20(13)22;21-14-7-15(26-10-12-3-1-5-17(24)19(12)22)9-16(8-14)27-11-13-4-2-6-18(25)20(13)23;21-14-5-19(30-10-12-1-15(22(26)27)7-17(24)3-12)9-20(6-14)31-11-13-2-16(23(28)29)8-18(25)4-13/h3-11,24-25H,12-13H2,1-2H3;2*1-9,24-25H,10-11H2;1-9,24-25H,10-11H2. The van der Waals surface area contributed by atoms with Crippen LogP contribution in [-0.2, 0) is 52.9 Å². The summed E-state index contributed by atoms with van der Waals surface area (Å²) in [5.74, 6) is 4.03. The molecule has 0 radical (unpaired) electrons. The van der Waals surface area contributed by atoms with Crippen LogP contribution in [0.2, 0.25) is 30.1 Å². The Hall–Kier alpha value is -11.1. The predicted octanol–water partition coefficient (Wildman–Crippen LogP) is 22.9. The molecule has 0 aromatic heterocycles. The Morgan fingerprint density at radius 1 is 0.295 bits per heavy atom. The van der Waals surface area contributed by atoms with Crippen molar-refractivity contribution in [2.75, 3.05) is 0 Å². The van der Waals surface area contributed by atoms with E-state index in [2.05, 4.69) is 31.9 Å². The molecule has 0 atom stereocenters. The molecular formula is C82H66Br2Cl6N2O20. The first kappa shape index (κ1) is 85.0. The van der Waals surface area contributed by atoms with Crippen LogP contribution in [0.4, 0.5) is 11.4 Å². The van der Waals surface area contributed by atoms with E-state index in [1.807, 2.05) is 26.0 Å². The summed E-state index contributed by atoms with van der Waals surface area (Å²) in [4.78, 5) is 20.6. The van der Waals surface area contributed by atoms with Gasteiger partial charge in [0.1, 0.15) is 145 Å². The minimum absolute atomic E-state index is 0.00382. The Bertz CT molecular complexity index is 4790. The van der Waals surface area contributed by atoms with Crippen LogP contribution in [0.3, 0.4) is 0 Å². The minimum atomic E-state index is -0.625. The van der Waals surface area contributed by atoms with Crippen LogP contribution in [0.15, 0.2) is 227 Å². The number of hydrogen-bond donors (Lipinski definition) is 8. The molecule has 0 saturated heterocycles. The average molecular weight is 1770 g/mol. The SMILES string of the molecule is Cc1ccc(O)cc1COc1cc(Cl)cc(OCc2cc(O)ccc2C)c1.O=[N+]([O-])c1cc(O)cc(COc2cc(Cl)cc(OCc3cc(O)cc([N+](=O)[O-])c3)c2)c1.Oc1ccc(Br)c(COc2cc(Cl)cc(OCc3cc(O)ccc3Br)c2)c1.Oc1cccc(COc2cc(Cl)cc(OCc3cccc(O)c3Cl)c2)c1Cl. The number of nitrogens with zero attached hydrogens (tertiary/aromatic N) is 2. The van der Waals surface area contributed by atoms with Crippen LogP contribution in [0.5, 0.6) is 92.0 Å². The molecule has 0 fully saturated rings. The van der Waals surface area contributed by atoms with Gasteiger partial charge in [0.25, 0.3) is 11.4 Å². The summed E-state index contributed by atoms with van der Waals surface area (Å²) in [7, 11) is 0. The number of hydrogen-bond acceptors (Lipinski definition) is 20. The van der Waals surface area contributed by atoms with Gasteiger partial charge in [-0.15, -0.1) is 0 Å². The Morgan fingerprint density at radius 2 is 0.554 bits per heavy atom. The minimum Gasteiger partial charge on any atom is -0.508 e. The fourth-order valence-corrected chi connectivity index (χ4v) is 12.1. The lowest BCUT2D eigenvalue weighted by atomic mass is 10.1. The first-order valence-corrected chi connectivity index (χ1v) is 36.9. The van der Waals surface area contributed by atoms with Crippen LogP contribution in [0.1, 0.15) is 55.6 Å². The van der Waals surface area contributed by atoms with Crippen molar-refractivity contribution >= 4 is 113 Å². The zero-order valence-electron chi connectivity index (χ0n) is 58.8. The van der Waals surface area contributed by atoms with E-state index in [1.165, 1.54) is 54.6 Å². The number of phenolic OH excluding ortho intramolecular Hbond substituents is 8. The fourth-order valence-electron chi connectivity index (χ4n) is 10.1. The summed E-state index contributed by atoms with van der Waals surface area (Å²) >= 11 is 43.5. The van der Waals surface area contributed by atoms with Crippen LogP contribution < -0.4 is 37.9 Å². The maximum atomic E-state index is 10.9. The number of aryl methyl sites for hydroxylation is 2. The van der Waals surface area contributed by atoms with Crippen molar-refractivity contribution in [2.24, 2.45) is 0 Å². The van der Waals surface area contributed by atoms with Crippen molar-refractivity contribution in [3.8, 4) is 92.0 Å². The van der Waals surface area contributed by atoms with E-state index in [1.54, 1.807) is 140 Å². The molecule has 0 aliphatic rings. The number of non-ortho nitro benzene ring substituents is 2. The first-order chi connectivity index (χ1) is 53.4. The maximum Gasteiger partial charge on any atom is 0.273 e. The Labute approximate surface area is 688 Å². The predicted molar refractivity (Wildman–Crippen MR) is 434 cm³/mol. The molecule has 0 amide bonds. The highest BCUT2D eigenvalue weighted by atomic mass is 79.9. The van der Waals surface area contributed by atoms with Gasteiger partial charge in [-0.25, -0.2) is 0 Å². The molecule has 30 heteroatoms. The molecule has 12 rings (SSSR count). The fraction of sp³-hybridized carbons (Fsp3) is 0.122. The van der Waals surface area contributed by atoms with E-state index < -0.39 is 9.85 Å². The highest BCUT2D eigenvalue weighted by Gasteiger charge is 2.17. The van der Waals surface area contributed by atoms with Crippen LogP contribution in [0.25, 0.3) is 0 Å². The molecular weight excluding hydrogens is 1710 g/mol. The molecule has 112 heavy (non-hydrogen) atoms. The number of nitro benzene ring substituents is 2. The summed E-state index contributed by atoms with van der Waals surface area (Å²) in [5.41, 5.74) is 6.97. The van der Waals surface area contributed by atoms with E-state index in [0.29, 0.717) is 96.5 Å². The first-order valence-electron chi connectivity index (χ1n) is 33.1. The maximum absolute atomic E-state index is 10.9. The summed E-state index contributed by atoms with van der Waals surface area (Å²) < 4.78 is 47.5. The normalized spacial score (nSPS) is 10.6. The number of benzene rings is 12. The molecule has 0 saturated carbocycles. The molecule has 0 heterocycles. The van der Waals surface area contributed by atoms with E-state index >= 15 is 0 Å². The van der Waals surface area contributed by atoms with E-state index in [9.17, 15) is 61.1 Å². The zero-order chi connectivity index (χ0) is 80.7. The van der Waals surface area contributed by atoms with Crippen molar-refractivity contribution in [1.29, 1.82) is 0 Å². The van der Waals surface area contributed by atoms with Gasteiger partial charge in [0, 0.05) is 87.7 Å². The smallest absolute Gasteiger partial charge is 0.273 e. The summed E-state index contributed by atoms with van der Waals surface area (Å²) in [6, 6.07) is 57.3. The van der Waals surface area contributed by atoms with Gasteiger partial charge < -0.3 is 78.7 Å². The Morgan fingerprint density at radius 3 is 0.848 bits per heavy atom. The molecule has 0 aliphatic carbocycles. The van der Waals surface area contributed by atoms with Crippen molar-refractivity contribution in [1.82, 2.24) is 0 Å². The second kappa shape index (κ2) is 40.8. The summed E-state index contributed by atoms with van der Waals surface area (Å²) in [6.45, 7) is 5.22. The lowest BCUT2D eigenvalue weighted by Gasteiger charge is -2.13.